The van der Waals surface area contributed by atoms with E-state index in [1.165, 1.54) is 43.6 Å². The number of piperidine rings is 1. The van der Waals surface area contributed by atoms with Crippen molar-refractivity contribution in [1.82, 2.24) is 10.2 Å². The molecule has 2 rings (SSSR count). The average molecular weight is 246 g/mol. The molecule has 2 unspecified atom stereocenters. The van der Waals surface area contributed by atoms with Gasteiger partial charge in [-0.1, -0.05) is 36.8 Å². The van der Waals surface area contributed by atoms with Gasteiger partial charge < -0.3 is 10.2 Å². The molecule has 1 aliphatic heterocycles. The number of aryl methyl sites for hydroxylation is 1. The molecule has 0 aliphatic carbocycles. The van der Waals surface area contributed by atoms with Crippen molar-refractivity contribution in [2.45, 2.75) is 45.7 Å². The first kappa shape index (κ1) is 13.6. The quantitative estimate of drug-likeness (QED) is 0.878. The molecular weight excluding hydrogens is 220 g/mol. The molecule has 1 saturated heterocycles. The zero-order valence-electron chi connectivity index (χ0n) is 11.9. The van der Waals surface area contributed by atoms with Crippen molar-refractivity contribution in [1.29, 1.82) is 0 Å². The third-order valence-electron chi connectivity index (χ3n) is 3.98. The Bertz CT molecular complexity index is 375. The lowest BCUT2D eigenvalue weighted by atomic mass is 10.0. The molecule has 2 atom stereocenters. The third-order valence-corrected chi connectivity index (χ3v) is 3.98. The molecule has 1 heterocycles. The van der Waals surface area contributed by atoms with Crippen LogP contribution in [-0.4, -0.2) is 30.6 Å². The van der Waals surface area contributed by atoms with Gasteiger partial charge in [-0.15, -0.1) is 0 Å². The summed E-state index contributed by atoms with van der Waals surface area (Å²) < 4.78 is 0. The zero-order valence-corrected chi connectivity index (χ0v) is 11.9. The maximum atomic E-state index is 3.78. The SMILES string of the molecule is CCN1CCCC(NC(C)c2cccc(C)c2)C1. The minimum atomic E-state index is 0.451. The number of benzene rings is 1. The lowest BCUT2D eigenvalue weighted by Gasteiger charge is -2.34. The van der Waals surface area contributed by atoms with Crippen LogP contribution in [0.2, 0.25) is 0 Å². The normalized spacial score (nSPS) is 22.9. The number of nitrogens with zero attached hydrogens (tertiary/aromatic N) is 1. The van der Waals surface area contributed by atoms with Crippen LogP contribution in [0, 0.1) is 6.92 Å². The fraction of sp³-hybridized carbons (Fsp3) is 0.625. The number of likely N-dealkylation sites (N-methyl/N-ethyl adjacent to an activating group) is 1. The van der Waals surface area contributed by atoms with Crippen molar-refractivity contribution < 1.29 is 0 Å². The molecular formula is C16H26N2. The van der Waals surface area contributed by atoms with E-state index in [0.717, 1.165) is 0 Å². The van der Waals surface area contributed by atoms with Gasteiger partial charge in [0, 0.05) is 18.6 Å². The monoisotopic (exact) mass is 246 g/mol. The Morgan fingerprint density at radius 3 is 3.00 bits per heavy atom. The van der Waals surface area contributed by atoms with Crippen LogP contribution in [0.3, 0.4) is 0 Å². The van der Waals surface area contributed by atoms with E-state index in [1.54, 1.807) is 0 Å². The van der Waals surface area contributed by atoms with Crippen molar-refractivity contribution in [3.8, 4) is 0 Å². The van der Waals surface area contributed by atoms with Crippen molar-refractivity contribution in [2.75, 3.05) is 19.6 Å². The van der Waals surface area contributed by atoms with Crippen LogP contribution in [0.15, 0.2) is 24.3 Å². The molecule has 100 valence electrons. The van der Waals surface area contributed by atoms with Gasteiger partial charge in [-0.05, 0) is 45.3 Å². The second kappa shape index (κ2) is 6.35. The number of hydrogen-bond donors (Lipinski definition) is 1. The second-order valence-electron chi connectivity index (χ2n) is 5.53. The van der Waals surface area contributed by atoms with Gasteiger partial charge in [0.05, 0.1) is 0 Å². The van der Waals surface area contributed by atoms with E-state index in [1.807, 2.05) is 0 Å². The number of likely N-dealkylation sites (tertiary alicyclic amines) is 1. The Morgan fingerprint density at radius 2 is 2.28 bits per heavy atom. The summed E-state index contributed by atoms with van der Waals surface area (Å²) in [5.41, 5.74) is 2.75. The van der Waals surface area contributed by atoms with E-state index in [4.69, 9.17) is 0 Å². The third kappa shape index (κ3) is 3.56. The van der Waals surface area contributed by atoms with E-state index in [2.05, 4.69) is 55.3 Å². The molecule has 0 saturated carbocycles. The van der Waals surface area contributed by atoms with Gasteiger partial charge >= 0.3 is 0 Å². The van der Waals surface area contributed by atoms with E-state index in [-0.39, 0.29) is 0 Å². The molecule has 1 aliphatic rings. The van der Waals surface area contributed by atoms with Crippen molar-refractivity contribution in [3.63, 3.8) is 0 Å². The van der Waals surface area contributed by atoms with Crippen LogP contribution in [0.25, 0.3) is 0 Å². The summed E-state index contributed by atoms with van der Waals surface area (Å²) in [6, 6.07) is 9.93. The standard InChI is InChI=1S/C16H26N2/c1-4-18-10-6-9-16(12-18)17-14(3)15-8-5-7-13(2)11-15/h5,7-8,11,14,16-17H,4,6,9-10,12H2,1-3H3. The number of hydrogen-bond acceptors (Lipinski definition) is 2. The Labute approximate surface area is 111 Å². The highest BCUT2D eigenvalue weighted by molar-refractivity contribution is 5.24. The molecule has 1 aromatic carbocycles. The number of nitrogens with one attached hydrogen (secondary N) is 1. The smallest absolute Gasteiger partial charge is 0.0294 e. The van der Waals surface area contributed by atoms with Crippen LogP contribution < -0.4 is 5.32 Å². The summed E-state index contributed by atoms with van der Waals surface area (Å²) in [5.74, 6) is 0. The summed E-state index contributed by atoms with van der Waals surface area (Å²) in [6.45, 7) is 10.3. The van der Waals surface area contributed by atoms with Gasteiger partial charge in [-0.3, -0.25) is 0 Å². The van der Waals surface area contributed by atoms with Crippen LogP contribution in [0.1, 0.15) is 43.9 Å². The van der Waals surface area contributed by atoms with Crippen LogP contribution >= 0.6 is 0 Å². The summed E-state index contributed by atoms with van der Waals surface area (Å²) in [4.78, 5) is 2.55. The Morgan fingerprint density at radius 1 is 1.44 bits per heavy atom. The molecule has 0 spiro atoms. The molecule has 18 heavy (non-hydrogen) atoms. The lowest BCUT2D eigenvalue weighted by molar-refractivity contribution is 0.192. The van der Waals surface area contributed by atoms with Gasteiger partial charge in [0.25, 0.3) is 0 Å². The fourth-order valence-corrected chi connectivity index (χ4v) is 2.87. The molecule has 0 amide bonds. The van der Waals surface area contributed by atoms with Crippen molar-refractivity contribution in [2.24, 2.45) is 0 Å². The summed E-state index contributed by atoms with van der Waals surface area (Å²) in [7, 11) is 0. The maximum absolute atomic E-state index is 3.78. The largest absolute Gasteiger partial charge is 0.306 e. The van der Waals surface area contributed by atoms with Gasteiger partial charge in [0.1, 0.15) is 0 Å². The predicted molar refractivity (Wildman–Crippen MR) is 77.9 cm³/mol. The second-order valence-corrected chi connectivity index (χ2v) is 5.53. The van der Waals surface area contributed by atoms with E-state index in [9.17, 15) is 0 Å². The van der Waals surface area contributed by atoms with Crippen LogP contribution in [0.5, 0.6) is 0 Å². The Hall–Kier alpha value is -0.860. The number of rotatable bonds is 4. The first-order valence-corrected chi connectivity index (χ1v) is 7.24. The Kier molecular flexibility index (Phi) is 4.79. The minimum Gasteiger partial charge on any atom is -0.306 e. The highest BCUT2D eigenvalue weighted by atomic mass is 15.2. The Balaban J connectivity index is 1.92. The van der Waals surface area contributed by atoms with Crippen molar-refractivity contribution >= 4 is 0 Å². The van der Waals surface area contributed by atoms with Gasteiger partial charge in [-0.2, -0.15) is 0 Å². The summed E-state index contributed by atoms with van der Waals surface area (Å²) in [6.07, 6.45) is 2.64. The molecule has 0 aromatic heterocycles. The van der Waals surface area contributed by atoms with Crippen LogP contribution in [0.4, 0.5) is 0 Å². The van der Waals surface area contributed by atoms with E-state index >= 15 is 0 Å². The minimum absolute atomic E-state index is 0.451. The van der Waals surface area contributed by atoms with E-state index < -0.39 is 0 Å². The van der Waals surface area contributed by atoms with Gasteiger partial charge in [0.2, 0.25) is 0 Å². The average Bonchev–Trinajstić information content (AvgIpc) is 2.39. The van der Waals surface area contributed by atoms with Gasteiger partial charge in [-0.25, -0.2) is 0 Å². The highest BCUT2D eigenvalue weighted by Gasteiger charge is 2.20. The lowest BCUT2D eigenvalue weighted by Crippen LogP contribution is -2.46. The van der Waals surface area contributed by atoms with Crippen LogP contribution in [-0.2, 0) is 0 Å². The fourth-order valence-electron chi connectivity index (χ4n) is 2.87. The first-order valence-electron chi connectivity index (χ1n) is 7.24. The predicted octanol–water partition coefficient (Wildman–Crippen LogP) is 3.13. The molecule has 2 heteroatoms. The van der Waals surface area contributed by atoms with Crippen molar-refractivity contribution in [3.05, 3.63) is 35.4 Å². The maximum Gasteiger partial charge on any atom is 0.0294 e. The topological polar surface area (TPSA) is 15.3 Å². The molecule has 1 fully saturated rings. The summed E-state index contributed by atoms with van der Waals surface area (Å²) in [5, 5.41) is 3.78. The molecule has 1 aromatic rings. The molecule has 2 nitrogen and oxygen atoms in total. The first-order chi connectivity index (χ1) is 8.69. The molecule has 0 radical (unpaired) electrons. The van der Waals surface area contributed by atoms with E-state index in [0.29, 0.717) is 12.1 Å². The zero-order chi connectivity index (χ0) is 13.0. The molecule has 0 bridgehead atoms. The summed E-state index contributed by atoms with van der Waals surface area (Å²) >= 11 is 0. The highest BCUT2D eigenvalue weighted by Crippen LogP contribution is 2.17. The molecule has 1 N–H and O–H groups in total. The van der Waals surface area contributed by atoms with Gasteiger partial charge in [0.15, 0.2) is 0 Å².